The van der Waals surface area contributed by atoms with E-state index in [1.54, 1.807) is 11.7 Å². The molecule has 2 N–H and O–H groups in total. The van der Waals surface area contributed by atoms with Crippen molar-refractivity contribution in [1.29, 1.82) is 0 Å². The summed E-state index contributed by atoms with van der Waals surface area (Å²) in [5.41, 5.74) is 7.03. The first-order valence-corrected chi connectivity index (χ1v) is 4.51. The predicted octanol–water partition coefficient (Wildman–Crippen LogP) is 0.0213. The number of methoxy groups -OCH3 is 1. The molecule has 0 unspecified atom stereocenters. The van der Waals surface area contributed by atoms with E-state index in [0.717, 1.165) is 12.0 Å². The largest absolute Gasteiger partial charge is 0.464 e. The second-order valence-corrected chi connectivity index (χ2v) is 3.60. The summed E-state index contributed by atoms with van der Waals surface area (Å²) < 4.78 is 6.27. The zero-order valence-corrected chi connectivity index (χ0v) is 8.23. The second-order valence-electron chi connectivity index (χ2n) is 3.60. The highest BCUT2D eigenvalue weighted by Crippen LogP contribution is 2.40. The van der Waals surface area contributed by atoms with Gasteiger partial charge in [0.2, 0.25) is 0 Å². The van der Waals surface area contributed by atoms with Gasteiger partial charge in [0.15, 0.2) is 5.69 Å². The number of nitrogens with two attached hydrogens (primary N) is 1. The van der Waals surface area contributed by atoms with Crippen LogP contribution in [-0.2, 0) is 11.8 Å². The molecule has 1 aromatic rings. The van der Waals surface area contributed by atoms with Crippen LogP contribution in [0, 0.1) is 0 Å². The SMILES string of the molecule is COC(=O)c1nn(C)cc1[C@@H]1C[C@H]1N. The van der Waals surface area contributed by atoms with Crippen molar-refractivity contribution in [3.63, 3.8) is 0 Å². The van der Waals surface area contributed by atoms with E-state index in [0.29, 0.717) is 5.69 Å². The summed E-state index contributed by atoms with van der Waals surface area (Å²) in [6, 6.07) is 0.169. The molecule has 0 aromatic carbocycles. The Morgan fingerprint density at radius 2 is 2.43 bits per heavy atom. The minimum absolute atomic E-state index is 0.169. The molecule has 0 saturated heterocycles. The lowest BCUT2D eigenvalue weighted by atomic mass is 10.1. The monoisotopic (exact) mass is 195 g/mol. The lowest BCUT2D eigenvalue weighted by Crippen LogP contribution is -2.07. The maximum atomic E-state index is 11.3. The molecule has 5 heteroatoms. The highest BCUT2D eigenvalue weighted by atomic mass is 16.5. The first-order chi connectivity index (χ1) is 6.63. The summed E-state index contributed by atoms with van der Waals surface area (Å²) in [5, 5.41) is 4.06. The maximum Gasteiger partial charge on any atom is 0.358 e. The van der Waals surface area contributed by atoms with Crippen LogP contribution in [0.15, 0.2) is 6.20 Å². The van der Waals surface area contributed by atoms with Crippen LogP contribution in [0.3, 0.4) is 0 Å². The molecule has 0 bridgehead atoms. The van der Waals surface area contributed by atoms with Gasteiger partial charge in [0.1, 0.15) is 0 Å². The van der Waals surface area contributed by atoms with E-state index in [1.165, 1.54) is 7.11 Å². The minimum Gasteiger partial charge on any atom is -0.464 e. The third kappa shape index (κ3) is 1.39. The fraction of sp³-hybridized carbons (Fsp3) is 0.556. The third-order valence-corrected chi connectivity index (χ3v) is 2.48. The predicted molar refractivity (Wildman–Crippen MR) is 49.9 cm³/mol. The van der Waals surface area contributed by atoms with Crippen LogP contribution in [0.4, 0.5) is 0 Å². The molecule has 5 nitrogen and oxygen atoms in total. The van der Waals surface area contributed by atoms with Gasteiger partial charge in [-0.1, -0.05) is 0 Å². The average molecular weight is 195 g/mol. The Bertz CT molecular complexity index is 372. The molecular formula is C9H13N3O2. The molecule has 2 rings (SSSR count). The molecule has 0 spiro atoms. The Balaban J connectivity index is 2.33. The highest BCUT2D eigenvalue weighted by Gasteiger charge is 2.39. The quantitative estimate of drug-likeness (QED) is 0.675. The van der Waals surface area contributed by atoms with Crippen molar-refractivity contribution in [1.82, 2.24) is 9.78 Å². The van der Waals surface area contributed by atoms with Gasteiger partial charge in [-0.3, -0.25) is 4.68 Å². The lowest BCUT2D eigenvalue weighted by molar-refractivity contribution is 0.0592. The Morgan fingerprint density at radius 1 is 1.79 bits per heavy atom. The van der Waals surface area contributed by atoms with Gasteiger partial charge in [-0.25, -0.2) is 4.79 Å². The molecule has 1 aliphatic rings. The number of rotatable bonds is 2. The second kappa shape index (κ2) is 3.09. The maximum absolute atomic E-state index is 11.3. The summed E-state index contributed by atoms with van der Waals surface area (Å²) >= 11 is 0. The Morgan fingerprint density at radius 3 is 2.93 bits per heavy atom. The van der Waals surface area contributed by atoms with Crippen LogP contribution < -0.4 is 5.73 Å². The average Bonchev–Trinajstić information content (AvgIpc) is 2.74. The summed E-state index contributed by atoms with van der Waals surface area (Å²) in [4.78, 5) is 11.3. The van der Waals surface area contributed by atoms with E-state index < -0.39 is 0 Å². The van der Waals surface area contributed by atoms with E-state index in [-0.39, 0.29) is 17.9 Å². The number of ether oxygens (including phenoxy) is 1. The standard InChI is InChI=1S/C9H13N3O2/c1-12-4-6(5-3-7(5)10)8(11-12)9(13)14-2/h4-5,7H,3,10H2,1-2H3/t5-,7+/m0/s1. The van der Waals surface area contributed by atoms with Gasteiger partial charge >= 0.3 is 5.97 Å². The summed E-state index contributed by atoms with van der Waals surface area (Å²) in [5.74, 6) is -0.113. The van der Waals surface area contributed by atoms with Crippen molar-refractivity contribution in [2.24, 2.45) is 12.8 Å². The zero-order chi connectivity index (χ0) is 10.3. The van der Waals surface area contributed by atoms with E-state index in [9.17, 15) is 4.79 Å². The molecule has 0 amide bonds. The van der Waals surface area contributed by atoms with Gasteiger partial charge in [-0.05, 0) is 6.42 Å². The first kappa shape index (κ1) is 9.21. The van der Waals surface area contributed by atoms with E-state index >= 15 is 0 Å². The summed E-state index contributed by atoms with van der Waals surface area (Å²) in [7, 11) is 3.14. The third-order valence-electron chi connectivity index (χ3n) is 2.48. The molecule has 0 aliphatic heterocycles. The number of carbonyl (C=O) groups is 1. The molecule has 1 aromatic heterocycles. The van der Waals surface area contributed by atoms with Crippen LogP contribution in [0.1, 0.15) is 28.4 Å². The number of carbonyl (C=O) groups excluding carboxylic acids is 1. The zero-order valence-electron chi connectivity index (χ0n) is 8.23. The van der Waals surface area contributed by atoms with Crippen molar-refractivity contribution < 1.29 is 9.53 Å². The summed E-state index contributed by atoms with van der Waals surface area (Å²) in [6.45, 7) is 0. The molecular weight excluding hydrogens is 182 g/mol. The number of hydrogen-bond acceptors (Lipinski definition) is 4. The molecule has 1 aliphatic carbocycles. The number of aryl methyl sites for hydroxylation is 1. The highest BCUT2D eigenvalue weighted by molar-refractivity contribution is 5.89. The Labute approximate surface area is 81.8 Å². The van der Waals surface area contributed by atoms with Crippen molar-refractivity contribution in [2.75, 3.05) is 7.11 Å². The number of esters is 1. The van der Waals surface area contributed by atoms with Crippen molar-refractivity contribution in [2.45, 2.75) is 18.4 Å². The number of nitrogens with zero attached hydrogens (tertiary/aromatic N) is 2. The van der Waals surface area contributed by atoms with E-state index in [1.807, 2.05) is 6.20 Å². The fourth-order valence-electron chi connectivity index (χ4n) is 1.61. The van der Waals surface area contributed by atoms with Crippen LogP contribution in [0.5, 0.6) is 0 Å². The number of hydrogen-bond donors (Lipinski definition) is 1. The first-order valence-electron chi connectivity index (χ1n) is 4.51. The molecule has 76 valence electrons. The molecule has 1 saturated carbocycles. The molecule has 1 heterocycles. The topological polar surface area (TPSA) is 70.1 Å². The van der Waals surface area contributed by atoms with Crippen LogP contribution >= 0.6 is 0 Å². The van der Waals surface area contributed by atoms with Gasteiger partial charge in [0.25, 0.3) is 0 Å². The van der Waals surface area contributed by atoms with Gasteiger partial charge in [-0.15, -0.1) is 0 Å². The fourth-order valence-corrected chi connectivity index (χ4v) is 1.61. The lowest BCUT2D eigenvalue weighted by Gasteiger charge is -1.97. The van der Waals surface area contributed by atoms with Gasteiger partial charge in [0.05, 0.1) is 7.11 Å². The smallest absolute Gasteiger partial charge is 0.358 e. The van der Waals surface area contributed by atoms with E-state index in [2.05, 4.69) is 9.84 Å². The molecule has 0 radical (unpaired) electrons. The molecule has 1 fully saturated rings. The van der Waals surface area contributed by atoms with Crippen molar-refractivity contribution in [3.8, 4) is 0 Å². The summed E-state index contributed by atoms with van der Waals surface area (Å²) in [6.07, 6.45) is 2.76. The Kier molecular flexibility index (Phi) is 2.03. The van der Waals surface area contributed by atoms with E-state index in [4.69, 9.17) is 5.73 Å². The van der Waals surface area contributed by atoms with Gasteiger partial charge < -0.3 is 10.5 Å². The van der Waals surface area contributed by atoms with Crippen LogP contribution in [-0.4, -0.2) is 28.9 Å². The molecule has 2 atom stereocenters. The van der Waals surface area contributed by atoms with Crippen molar-refractivity contribution in [3.05, 3.63) is 17.5 Å². The van der Waals surface area contributed by atoms with Crippen molar-refractivity contribution >= 4 is 5.97 Å². The van der Waals surface area contributed by atoms with Crippen LogP contribution in [0.25, 0.3) is 0 Å². The molecule has 14 heavy (non-hydrogen) atoms. The minimum atomic E-state index is -0.389. The van der Waals surface area contributed by atoms with Crippen LogP contribution in [0.2, 0.25) is 0 Å². The van der Waals surface area contributed by atoms with Gasteiger partial charge in [-0.2, -0.15) is 5.10 Å². The van der Waals surface area contributed by atoms with Gasteiger partial charge in [0, 0.05) is 30.8 Å². The normalized spacial score (nSPS) is 24.8. The Hall–Kier alpha value is -1.36. The number of aromatic nitrogens is 2.